The molecule has 210 valence electrons. The first-order valence-corrected chi connectivity index (χ1v) is 15.4. The number of H-pyrrole nitrogens is 1. The van der Waals surface area contributed by atoms with E-state index in [-0.39, 0.29) is 16.2 Å². The number of likely N-dealkylation sites (N-methyl/N-ethyl adjacent to an activating group) is 1. The summed E-state index contributed by atoms with van der Waals surface area (Å²) in [4.78, 5) is 19.4. The van der Waals surface area contributed by atoms with E-state index in [2.05, 4.69) is 47.6 Å². The van der Waals surface area contributed by atoms with Gasteiger partial charge in [0.15, 0.2) is 0 Å². The molecule has 0 aliphatic carbocycles. The number of hydrogen-bond donors (Lipinski definition) is 3. The van der Waals surface area contributed by atoms with Crippen LogP contribution >= 0.6 is 0 Å². The molecule has 3 N–H and O–H groups in total. The summed E-state index contributed by atoms with van der Waals surface area (Å²) in [5, 5.41) is 3.92. The SMILES string of the molecule is CCN1CCCC1CNC(=O)c1[nH]c2ccc(NS(=O)(=O)c3ccc(C(C)(C)C)cc3)cc2c1-c1ccccc1. The zero-order valence-electron chi connectivity index (χ0n) is 23.6. The molecule has 0 bridgehead atoms. The van der Waals surface area contributed by atoms with E-state index in [1.54, 1.807) is 24.3 Å². The number of nitrogens with one attached hydrogen (secondary N) is 3. The fourth-order valence-corrected chi connectivity index (χ4v) is 6.57. The first kappa shape index (κ1) is 27.9. The Bertz CT molecular complexity index is 1600. The lowest BCUT2D eigenvalue weighted by Crippen LogP contribution is -2.40. The number of sulfonamides is 1. The van der Waals surface area contributed by atoms with Crippen LogP contribution in [0.25, 0.3) is 22.0 Å². The number of rotatable bonds is 8. The molecule has 1 atom stereocenters. The quantitative estimate of drug-likeness (QED) is 0.242. The molecule has 0 spiro atoms. The molecule has 1 aliphatic rings. The van der Waals surface area contributed by atoms with Gasteiger partial charge in [0, 0.05) is 34.7 Å². The zero-order valence-corrected chi connectivity index (χ0v) is 24.4. The van der Waals surface area contributed by atoms with Gasteiger partial charge in [-0.3, -0.25) is 14.4 Å². The average Bonchev–Trinajstić information content (AvgIpc) is 3.55. The van der Waals surface area contributed by atoms with Gasteiger partial charge in [0.05, 0.1) is 4.90 Å². The Morgan fingerprint density at radius 2 is 1.75 bits per heavy atom. The molecule has 7 nitrogen and oxygen atoms in total. The monoisotopic (exact) mass is 558 g/mol. The fraction of sp³-hybridized carbons (Fsp3) is 0.344. The van der Waals surface area contributed by atoms with Crippen LogP contribution in [0, 0.1) is 0 Å². The fourth-order valence-electron chi connectivity index (χ4n) is 5.52. The Morgan fingerprint density at radius 3 is 2.42 bits per heavy atom. The largest absolute Gasteiger partial charge is 0.350 e. The number of aromatic amines is 1. The van der Waals surface area contributed by atoms with Crippen LogP contribution < -0.4 is 10.0 Å². The van der Waals surface area contributed by atoms with Gasteiger partial charge in [-0.2, -0.15) is 0 Å². The number of amides is 1. The van der Waals surface area contributed by atoms with Crippen LogP contribution in [0.1, 0.15) is 56.6 Å². The number of likely N-dealkylation sites (tertiary alicyclic amines) is 1. The highest BCUT2D eigenvalue weighted by Gasteiger charge is 2.26. The maximum absolute atomic E-state index is 13.5. The molecule has 1 fully saturated rings. The minimum atomic E-state index is -3.80. The van der Waals surface area contributed by atoms with E-state index in [1.807, 2.05) is 48.5 Å². The van der Waals surface area contributed by atoms with Crippen molar-refractivity contribution in [2.45, 2.75) is 56.9 Å². The normalized spacial score (nSPS) is 16.4. The van der Waals surface area contributed by atoms with E-state index in [9.17, 15) is 13.2 Å². The number of carbonyl (C=O) groups excluding carboxylic acids is 1. The molecule has 3 aromatic carbocycles. The summed E-state index contributed by atoms with van der Waals surface area (Å²) in [6.07, 6.45) is 2.23. The van der Waals surface area contributed by atoms with E-state index in [4.69, 9.17) is 0 Å². The van der Waals surface area contributed by atoms with Gasteiger partial charge in [-0.05, 0) is 72.8 Å². The van der Waals surface area contributed by atoms with Crippen LogP contribution in [-0.4, -0.2) is 49.9 Å². The summed E-state index contributed by atoms with van der Waals surface area (Å²) in [6, 6.07) is 22.4. The number of carbonyl (C=O) groups is 1. The third-order valence-electron chi connectivity index (χ3n) is 7.77. The second kappa shape index (κ2) is 11.1. The van der Waals surface area contributed by atoms with E-state index in [1.165, 1.54) is 0 Å². The third kappa shape index (κ3) is 5.78. The van der Waals surface area contributed by atoms with Crippen molar-refractivity contribution in [3.05, 3.63) is 84.1 Å². The van der Waals surface area contributed by atoms with E-state index in [0.29, 0.717) is 24.0 Å². The number of fused-ring (bicyclic) bond motifs is 1. The molecule has 1 unspecified atom stereocenters. The molecule has 40 heavy (non-hydrogen) atoms. The maximum atomic E-state index is 13.5. The van der Waals surface area contributed by atoms with Gasteiger partial charge < -0.3 is 10.3 Å². The van der Waals surface area contributed by atoms with Crippen molar-refractivity contribution in [2.75, 3.05) is 24.4 Å². The Morgan fingerprint density at radius 1 is 1.02 bits per heavy atom. The summed E-state index contributed by atoms with van der Waals surface area (Å²) in [5.41, 5.74) is 4.29. The number of nitrogens with zero attached hydrogens (tertiary/aromatic N) is 1. The molecule has 1 aromatic heterocycles. The lowest BCUT2D eigenvalue weighted by atomic mass is 9.87. The summed E-state index contributed by atoms with van der Waals surface area (Å²) in [5.74, 6) is -0.168. The molecule has 1 amide bonds. The minimum Gasteiger partial charge on any atom is -0.350 e. The molecule has 8 heteroatoms. The highest BCUT2D eigenvalue weighted by Crippen LogP contribution is 2.35. The van der Waals surface area contributed by atoms with Gasteiger partial charge in [-0.15, -0.1) is 0 Å². The number of anilines is 1. The van der Waals surface area contributed by atoms with E-state index in [0.717, 1.165) is 53.5 Å². The number of aromatic nitrogens is 1. The van der Waals surface area contributed by atoms with E-state index < -0.39 is 10.0 Å². The van der Waals surface area contributed by atoms with Gasteiger partial charge in [0.25, 0.3) is 15.9 Å². The van der Waals surface area contributed by atoms with Crippen LogP contribution in [0.3, 0.4) is 0 Å². The molecular weight excluding hydrogens is 520 g/mol. The topological polar surface area (TPSA) is 94.3 Å². The molecule has 5 rings (SSSR count). The van der Waals surface area contributed by atoms with Crippen molar-refractivity contribution < 1.29 is 13.2 Å². The summed E-state index contributed by atoms with van der Waals surface area (Å²) in [7, 11) is -3.80. The predicted molar refractivity (Wildman–Crippen MR) is 162 cm³/mol. The Balaban J connectivity index is 1.46. The van der Waals surface area contributed by atoms with Crippen LogP contribution in [0.4, 0.5) is 5.69 Å². The molecular formula is C32H38N4O3S. The van der Waals surface area contributed by atoms with Crippen molar-refractivity contribution in [3.8, 4) is 11.1 Å². The van der Waals surface area contributed by atoms with E-state index >= 15 is 0 Å². The van der Waals surface area contributed by atoms with Gasteiger partial charge in [-0.25, -0.2) is 8.42 Å². The lowest BCUT2D eigenvalue weighted by molar-refractivity contribution is 0.0938. The van der Waals surface area contributed by atoms with Crippen molar-refractivity contribution in [1.29, 1.82) is 0 Å². The molecule has 2 heterocycles. The smallest absolute Gasteiger partial charge is 0.268 e. The van der Waals surface area contributed by atoms with Crippen LogP contribution in [0.15, 0.2) is 77.7 Å². The van der Waals surface area contributed by atoms with Gasteiger partial charge >= 0.3 is 0 Å². The highest BCUT2D eigenvalue weighted by molar-refractivity contribution is 7.92. The maximum Gasteiger partial charge on any atom is 0.268 e. The zero-order chi connectivity index (χ0) is 28.5. The number of hydrogen-bond acceptors (Lipinski definition) is 4. The lowest BCUT2D eigenvalue weighted by Gasteiger charge is -2.22. The first-order chi connectivity index (χ1) is 19.1. The summed E-state index contributed by atoms with van der Waals surface area (Å²) >= 11 is 0. The predicted octanol–water partition coefficient (Wildman–Crippen LogP) is 6.15. The number of benzene rings is 3. The summed E-state index contributed by atoms with van der Waals surface area (Å²) in [6.45, 7) is 11.1. The molecule has 4 aromatic rings. The Kier molecular flexibility index (Phi) is 7.75. The molecule has 1 saturated heterocycles. The van der Waals surface area contributed by atoms with Crippen molar-refractivity contribution in [1.82, 2.24) is 15.2 Å². The molecule has 0 radical (unpaired) electrons. The average molecular weight is 559 g/mol. The second-order valence-corrected chi connectivity index (χ2v) is 13.2. The van der Waals surface area contributed by atoms with Crippen LogP contribution in [-0.2, 0) is 15.4 Å². The first-order valence-electron chi connectivity index (χ1n) is 13.9. The Hall–Kier alpha value is -3.62. The van der Waals surface area contributed by atoms with Crippen LogP contribution in [0.2, 0.25) is 0 Å². The van der Waals surface area contributed by atoms with Crippen molar-refractivity contribution in [2.24, 2.45) is 0 Å². The standard InChI is InChI=1S/C32H38N4O3S/c1-5-36-19-9-12-25(36)21-33-31(37)30-29(22-10-7-6-8-11-22)27-20-24(15-18-28(27)34-30)35-40(38,39)26-16-13-23(14-17-26)32(2,3)4/h6-8,10-11,13-18,20,25,34-35H,5,9,12,19,21H2,1-4H3,(H,33,37). The van der Waals surface area contributed by atoms with Gasteiger partial charge in [-0.1, -0.05) is 70.2 Å². The van der Waals surface area contributed by atoms with Crippen LogP contribution in [0.5, 0.6) is 0 Å². The second-order valence-electron chi connectivity index (χ2n) is 11.5. The van der Waals surface area contributed by atoms with Gasteiger partial charge in [0.1, 0.15) is 5.69 Å². The van der Waals surface area contributed by atoms with Crippen molar-refractivity contribution >= 4 is 32.5 Å². The molecule has 1 aliphatic heterocycles. The Labute approximate surface area is 237 Å². The minimum absolute atomic E-state index is 0.0701. The van der Waals surface area contributed by atoms with Crippen molar-refractivity contribution in [3.63, 3.8) is 0 Å². The molecule has 0 saturated carbocycles. The summed E-state index contributed by atoms with van der Waals surface area (Å²) < 4.78 is 29.2. The van der Waals surface area contributed by atoms with Gasteiger partial charge in [0.2, 0.25) is 0 Å². The third-order valence-corrected chi connectivity index (χ3v) is 9.17. The highest BCUT2D eigenvalue weighted by atomic mass is 32.2.